The van der Waals surface area contributed by atoms with Crippen molar-refractivity contribution in [2.45, 2.75) is 13.1 Å². The van der Waals surface area contributed by atoms with Crippen LogP contribution in [-0.2, 0) is 0 Å². The molecule has 0 amide bonds. The smallest absolute Gasteiger partial charge is 0.405 e. The highest BCUT2D eigenvalue weighted by Crippen LogP contribution is 2.29. The third kappa shape index (κ3) is 3.82. The molecule has 6 N–H and O–H groups in total. The summed E-state index contributed by atoms with van der Waals surface area (Å²) in [4.78, 5) is 24.6. The molecule has 0 radical (unpaired) electrons. The summed E-state index contributed by atoms with van der Waals surface area (Å²) >= 11 is 0. The lowest BCUT2D eigenvalue weighted by molar-refractivity contribution is -0.115. The standard InChI is InChI=1S/C19H17F3N4O3/c1-9-6-10(23)2-5-13(9)26-14-7-11(25-8-19(20,21)22)3-4-12(14)16(24)15(17(26)27)18(28)29/h2-7,25H,8,23-24H2,1H3,(H,28,29). The number of nitrogens with two attached hydrogens (primary N) is 2. The number of nitrogens with one attached hydrogen (secondary N) is 1. The van der Waals surface area contributed by atoms with E-state index in [2.05, 4.69) is 5.32 Å². The fourth-order valence-electron chi connectivity index (χ4n) is 3.10. The summed E-state index contributed by atoms with van der Waals surface area (Å²) in [5.74, 6) is -1.50. The van der Waals surface area contributed by atoms with E-state index in [-0.39, 0.29) is 22.3 Å². The van der Waals surface area contributed by atoms with Crippen LogP contribution in [0.4, 0.5) is 30.2 Å². The zero-order valence-electron chi connectivity index (χ0n) is 15.2. The molecule has 0 bridgehead atoms. The predicted molar refractivity (Wildman–Crippen MR) is 105 cm³/mol. The SMILES string of the molecule is Cc1cc(N)ccc1-n1c(=O)c(C(=O)O)c(N)c2ccc(NCC(F)(F)F)cc21. The number of halogens is 3. The molecule has 10 heteroatoms. The van der Waals surface area contributed by atoms with E-state index in [0.29, 0.717) is 16.9 Å². The van der Waals surface area contributed by atoms with Gasteiger partial charge in [-0.3, -0.25) is 9.36 Å². The van der Waals surface area contributed by atoms with Crippen LogP contribution in [0.25, 0.3) is 16.6 Å². The first-order chi connectivity index (χ1) is 13.5. The minimum absolute atomic E-state index is 0.0959. The average Bonchev–Trinajstić information content (AvgIpc) is 2.60. The zero-order valence-corrected chi connectivity index (χ0v) is 15.2. The molecule has 29 heavy (non-hydrogen) atoms. The van der Waals surface area contributed by atoms with Crippen LogP contribution < -0.4 is 22.3 Å². The Morgan fingerprint density at radius 3 is 2.45 bits per heavy atom. The van der Waals surface area contributed by atoms with Crippen molar-refractivity contribution < 1.29 is 23.1 Å². The van der Waals surface area contributed by atoms with Crippen LogP contribution in [0.3, 0.4) is 0 Å². The molecule has 0 aliphatic heterocycles. The number of benzene rings is 2. The van der Waals surface area contributed by atoms with Gasteiger partial charge in [0.25, 0.3) is 5.56 Å². The maximum atomic E-state index is 13.0. The Balaban J connectivity index is 2.36. The van der Waals surface area contributed by atoms with Crippen LogP contribution in [0.1, 0.15) is 15.9 Å². The molecule has 0 saturated heterocycles. The second kappa shape index (κ2) is 7.04. The van der Waals surface area contributed by atoms with Crippen LogP contribution in [0.5, 0.6) is 0 Å². The van der Waals surface area contributed by atoms with Crippen LogP contribution in [0.15, 0.2) is 41.2 Å². The van der Waals surface area contributed by atoms with Gasteiger partial charge >= 0.3 is 12.1 Å². The summed E-state index contributed by atoms with van der Waals surface area (Å²) in [5.41, 5.74) is 11.5. The first kappa shape index (κ1) is 20.1. The molecule has 3 aromatic rings. The van der Waals surface area contributed by atoms with Gasteiger partial charge in [-0.05, 0) is 48.9 Å². The number of aromatic nitrogens is 1. The number of carbonyl (C=O) groups is 1. The molecule has 1 heterocycles. The molecule has 0 fully saturated rings. The highest BCUT2D eigenvalue weighted by Gasteiger charge is 2.27. The lowest BCUT2D eigenvalue weighted by Crippen LogP contribution is -2.28. The molecule has 0 spiro atoms. The predicted octanol–water partition coefficient (Wildman–Crippen LogP) is 3.14. The fourth-order valence-corrected chi connectivity index (χ4v) is 3.10. The third-order valence-electron chi connectivity index (χ3n) is 4.38. The number of rotatable bonds is 4. The van der Waals surface area contributed by atoms with Crippen molar-refractivity contribution in [3.05, 3.63) is 57.9 Å². The number of carboxylic acid groups (broad SMARTS) is 1. The number of pyridine rings is 1. The van der Waals surface area contributed by atoms with E-state index in [1.807, 2.05) is 0 Å². The molecular weight excluding hydrogens is 389 g/mol. The van der Waals surface area contributed by atoms with Crippen molar-refractivity contribution in [3.8, 4) is 5.69 Å². The molecule has 1 aromatic heterocycles. The van der Waals surface area contributed by atoms with Crippen molar-refractivity contribution in [2.75, 3.05) is 23.3 Å². The van der Waals surface area contributed by atoms with Crippen molar-refractivity contribution in [1.29, 1.82) is 0 Å². The van der Waals surface area contributed by atoms with Gasteiger partial charge in [0.15, 0.2) is 0 Å². The number of fused-ring (bicyclic) bond motifs is 1. The molecule has 0 aliphatic carbocycles. The molecule has 2 aromatic carbocycles. The van der Waals surface area contributed by atoms with Crippen molar-refractivity contribution in [1.82, 2.24) is 4.57 Å². The summed E-state index contributed by atoms with van der Waals surface area (Å²) < 4.78 is 38.7. The van der Waals surface area contributed by atoms with Gasteiger partial charge in [-0.15, -0.1) is 0 Å². The number of carboxylic acids is 1. The van der Waals surface area contributed by atoms with Crippen LogP contribution >= 0.6 is 0 Å². The van der Waals surface area contributed by atoms with Gasteiger partial charge < -0.3 is 21.9 Å². The third-order valence-corrected chi connectivity index (χ3v) is 4.38. The molecule has 0 unspecified atom stereocenters. The van der Waals surface area contributed by atoms with Gasteiger partial charge in [0, 0.05) is 16.8 Å². The van der Waals surface area contributed by atoms with Crippen LogP contribution in [-0.4, -0.2) is 28.4 Å². The number of hydrogen-bond donors (Lipinski definition) is 4. The quantitative estimate of drug-likeness (QED) is 0.494. The largest absolute Gasteiger partial charge is 0.477 e. The normalized spacial score (nSPS) is 11.6. The lowest BCUT2D eigenvalue weighted by atomic mass is 10.1. The zero-order chi connectivity index (χ0) is 21.5. The second-order valence-corrected chi connectivity index (χ2v) is 6.48. The van der Waals surface area contributed by atoms with Gasteiger partial charge in [-0.25, -0.2) is 4.79 Å². The Morgan fingerprint density at radius 1 is 1.17 bits per heavy atom. The highest BCUT2D eigenvalue weighted by molar-refractivity contribution is 6.04. The number of aryl methyl sites for hydroxylation is 1. The number of nitrogen functional groups attached to an aromatic ring is 2. The Morgan fingerprint density at radius 2 is 1.86 bits per heavy atom. The summed E-state index contributed by atoms with van der Waals surface area (Å²) in [6.07, 6.45) is -4.44. The molecule has 0 aliphatic rings. The summed E-state index contributed by atoms with van der Waals surface area (Å²) in [5, 5.41) is 11.9. The first-order valence-electron chi connectivity index (χ1n) is 8.38. The number of hydrogen-bond acceptors (Lipinski definition) is 5. The molecule has 152 valence electrons. The molecule has 3 rings (SSSR count). The summed E-state index contributed by atoms with van der Waals surface area (Å²) in [6, 6.07) is 8.68. The van der Waals surface area contributed by atoms with Gasteiger partial charge in [-0.2, -0.15) is 13.2 Å². The monoisotopic (exact) mass is 406 g/mol. The highest BCUT2D eigenvalue weighted by atomic mass is 19.4. The van der Waals surface area contributed by atoms with E-state index in [1.165, 1.54) is 30.3 Å². The van der Waals surface area contributed by atoms with Gasteiger partial charge in [0.1, 0.15) is 12.1 Å². The van der Waals surface area contributed by atoms with Crippen LogP contribution in [0, 0.1) is 6.92 Å². The van der Waals surface area contributed by atoms with Gasteiger partial charge in [0.2, 0.25) is 0 Å². The maximum Gasteiger partial charge on any atom is 0.405 e. The Bertz CT molecular complexity index is 1190. The topological polar surface area (TPSA) is 123 Å². The number of aromatic carboxylic acids is 1. The summed E-state index contributed by atoms with van der Waals surface area (Å²) in [7, 11) is 0. The van der Waals surface area contributed by atoms with E-state index in [1.54, 1.807) is 13.0 Å². The van der Waals surface area contributed by atoms with Gasteiger partial charge in [-0.1, -0.05) is 0 Å². The van der Waals surface area contributed by atoms with Crippen molar-refractivity contribution >= 4 is 33.9 Å². The minimum Gasteiger partial charge on any atom is -0.477 e. The molecule has 0 saturated carbocycles. The van der Waals surface area contributed by atoms with Gasteiger partial charge in [0.05, 0.1) is 16.9 Å². The number of alkyl halides is 3. The molecule has 7 nitrogen and oxygen atoms in total. The van der Waals surface area contributed by atoms with E-state index in [0.717, 1.165) is 4.57 Å². The number of anilines is 3. The van der Waals surface area contributed by atoms with Crippen LogP contribution in [0.2, 0.25) is 0 Å². The van der Waals surface area contributed by atoms with Crippen molar-refractivity contribution in [3.63, 3.8) is 0 Å². The Labute approximate surface area is 162 Å². The second-order valence-electron chi connectivity index (χ2n) is 6.48. The Hall–Kier alpha value is -3.69. The van der Waals surface area contributed by atoms with E-state index in [9.17, 15) is 27.9 Å². The average molecular weight is 406 g/mol. The van der Waals surface area contributed by atoms with E-state index < -0.39 is 29.8 Å². The summed E-state index contributed by atoms with van der Waals surface area (Å²) in [6.45, 7) is 0.402. The van der Waals surface area contributed by atoms with E-state index in [4.69, 9.17) is 11.5 Å². The maximum absolute atomic E-state index is 13.0. The number of nitrogens with zero attached hydrogens (tertiary/aromatic N) is 1. The van der Waals surface area contributed by atoms with Crippen molar-refractivity contribution in [2.24, 2.45) is 0 Å². The molecular formula is C19H17F3N4O3. The lowest BCUT2D eigenvalue weighted by Gasteiger charge is -2.18. The fraction of sp³-hybridized carbons (Fsp3) is 0.158. The minimum atomic E-state index is -4.44. The molecule has 0 atom stereocenters. The Kier molecular flexibility index (Phi) is 4.87. The first-order valence-corrected chi connectivity index (χ1v) is 8.38. The van der Waals surface area contributed by atoms with E-state index >= 15 is 0 Å².